The fourth-order valence-electron chi connectivity index (χ4n) is 2.25. The summed E-state index contributed by atoms with van der Waals surface area (Å²) in [5, 5.41) is 14.6. The molecule has 6 heteroatoms. The number of nitrogens with one attached hydrogen (secondary N) is 1. The highest BCUT2D eigenvalue weighted by molar-refractivity contribution is 9.10. The number of carboxylic acid groups (broad SMARTS) is 1. The van der Waals surface area contributed by atoms with Gasteiger partial charge in [0.05, 0.1) is 0 Å². The molecule has 0 fully saturated rings. The SMILES string of the molecule is Cc1ccc(NC(=O)C[C@@H](Cc2ccc(Cl)cc2)C(=O)[O-])cc1Br. The number of carbonyl (C=O) groups excluding carboxylic acids is 2. The Morgan fingerprint density at radius 2 is 1.88 bits per heavy atom. The van der Waals surface area contributed by atoms with E-state index in [1.54, 1.807) is 36.4 Å². The molecule has 2 aromatic rings. The van der Waals surface area contributed by atoms with Gasteiger partial charge in [0.1, 0.15) is 0 Å². The lowest BCUT2D eigenvalue weighted by Gasteiger charge is -2.18. The van der Waals surface area contributed by atoms with E-state index in [-0.39, 0.29) is 18.7 Å². The molecule has 24 heavy (non-hydrogen) atoms. The summed E-state index contributed by atoms with van der Waals surface area (Å²) in [7, 11) is 0. The summed E-state index contributed by atoms with van der Waals surface area (Å²) in [5.41, 5.74) is 2.45. The third kappa shape index (κ3) is 5.35. The summed E-state index contributed by atoms with van der Waals surface area (Å²) in [6.07, 6.45) is 0.0565. The Morgan fingerprint density at radius 3 is 2.46 bits per heavy atom. The van der Waals surface area contributed by atoms with Gasteiger partial charge in [0, 0.05) is 33.5 Å². The second kappa shape index (κ2) is 8.31. The van der Waals surface area contributed by atoms with Crippen molar-refractivity contribution in [3.05, 3.63) is 63.1 Å². The Labute approximate surface area is 154 Å². The van der Waals surface area contributed by atoms with Crippen LogP contribution in [0.25, 0.3) is 0 Å². The Hall–Kier alpha value is -1.85. The summed E-state index contributed by atoms with van der Waals surface area (Å²) in [6, 6.07) is 12.3. The molecule has 4 nitrogen and oxygen atoms in total. The molecule has 2 rings (SSSR count). The number of carboxylic acids is 1. The molecule has 0 unspecified atom stereocenters. The van der Waals surface area contributed by atoms with Crippen molar-refractivity contribution in [3.63, 3.8) is 0 Å². The van der Waals surface area contributed by atoms with Crippen LogP contribution in [0, 0.1) is 12.8 Å². The molecule has 0 saturated heterocycles. The normalized spacial score (nSPS) is 11.8. The average molecular weight is 410 g/mol. The number of benzene rings is 2. The highest BCUT2D eigenvalue weighted by Crippen LogP contribution is 2.21. The summed E-state index contributed by atoms with van der Waals surface area (Å²) in [4.78, 5) is 23.5. The van der Waals surface area contributed by atoms with Gasteiger partial charge in [0.15, 0.2) is 0 Å². The first-order chi connectivity index (χ1) is 11.3. The third-order valence-electron chi connectivity index (χ3n) is 3.62. The van der Waals surface area contributed by atoms with E-state index in [9.17, 15) is 14.7 Å². The molecular weight excluding hydrogens is 394 g/mol. The number of anilines is 1. The monoisotopic (exact) mass is 408 g/mol. The lowest BCUT2D eigenvalue weighted by atomic mass is 9.96. The molecule has 0 heterocycles. The maximum Gasteiger partial charge on any atom is 0.225 e. The van der Waals surface area contributed by atoms with Gasteiger partial charge in [-0.15, -0.1) is 0 Å². The standard InChI is InChI=1S/C18H17BrClNO3/c1-11-2-7-15(10-16(11)19)21-17(22)9-13(18(23)24)8-12-3-5-14(20)6-4-12/h2-7,10,13H,8-9H2,1H3,(H,21,22)(H,23,24)/p-1/t13-/m1/s1. The van der Waals surface area contributed by atoms with Crippen molar-refractivity contribution in [2.24, 2.45) is 5.92 Å². The predicted molar refractivity (Wildman–Crippen MR) is 95.8 cm³/mol. The predicted octanol–water partition coefficient (Wildman–Crippen LogP) is 3.35. The summed E-state index contributed by atoms with van der Waals surface area (Å²) < 4.78 is 0.873. The zero-order valence-corrected chi connectivity index (χ0v) is 15.4. The van der Waals surface area contributed by atoms with Crippen LogP contribution in [0.3, 0.4) is 0 Å². The van der Waals surface area contributed by atoms with E-state index in [0.717, 1.165) is 15.6 Å². The van der Waals surface area contributed by atoms with E-state index in [1.807, 2.05) is 13.0 Å². The van der Waals surface area contributed by atoms with Crippen molar-refractivity contribution >= 4 is 45.1 Å². The molecule has 0 aromatic heterocycles. The first-order valence-corrected chi connectivity index (χ1v) is 8.53. The molecule has 0 radical (unpaired) electrons. The molecule has 0 aliphatic rings. The zero-order chi connectivity index (χ0) is 17.7. The van der Waals surface area contributed by atoms with Crippen molar-refractivity contribution in [2.45, 2.75) is 19.8 Å². The van der Waals surface area contributed by atoms with Gasteiger partial charge in [0.25, 0.3) is 0 Å². The van der Waals surface area contributed by atoms with Crippen LogP contribution in [-0.4, -0.2) is 11.9 Å². The Kier molecular flexibility index (Phi) is 6.40. The smallest absolute Gasteiger partial charge is 0.225 e. The number of amides is 1. The molecule has 1 amide bonds. The van der Waals surface area contributed by atoms with Crippen molar-refractivity contribution in [1.82, 2.24) is 0 Å². The van der Waals surface area contributed by atoms with Crippen molar-refractivity contribution in [1.29, 1.82) is 0 Å². The lowest BCUT2D eigenvalue weighted by Crippen LogP contribution is -2.35. The highest BCUT2D eigenvalue weighted by Gasteiger charge is 2.16. The second-order valence-electron chi connectivity index (χ2n) is 5.56. The third-order valence-corrected chi connectivity index (χ3v) is 4.72. The van der Waals surface area contributed by atoms with Gasteiger partial charge in [0.2, 0.25) is 5.91 Å². The van der Waals surface area contributed by atoms with Crippen LogP contribution in [0.4, 0.5) is 5.69 Å². The minimum Gasteiger partial charge on any atom is -0.550 e. The minimum absolute atomic E-state index is 0.156. The van der Waals surface area contributed by atoms with E-state index >= 15 is 0 Å². The molecular formula is C18H16BrClNO3-. The van der Waals surface area contributed by atoms with Crippen LogP contribution < -0.4 is 10.4 Å². The van der Waals surface area contributed by atoms with E-state index in [1.165, 1.54) is 0 Å². The summed E-state index contributed by atoms with van der Waals surface area (Å²) in [6.45, 7) is 1.94. The molecule has 1 N–H and O–H groups in total. The fraction of sp³-hybridized carbons (Fsp3) is 0.222. The van der Waals surface area contributed by atoms with Crippen LogP contribution in [0.1, 0.15) is 17.5 Å². The molecule has 1 atom stereocenters. The van der Waals surface area contributed by atoms with Crippen LogP contribution >= 0.6 is 27.5 Å². The van der Waals surface area contributed by atoms with Gasteiger partial charge in [-0.25, -0.2) is 0 Å². The second-order valence-corrected chi connectivity index (χ2v) is 6.85. The van der Waals surface area contributed by atoms with Crippen molar-refractivity contribution < 1.29 is 14.7 Å². The number of aryl methyl sites for hydroxylation is 1. The first-order valence-electron chi connectivity index (χ1n) is 7.36. The fourth-order valence-corrected chi connectivity index (χ4v) is 2.76. The molecule has 0 saturated carbocycles. The quantitative estimate of drug-likeness (QED) is 0.795. The average Bonchev–Trinajstić information content (AvgIpc) is 2.52. The molecule has 0 aliphatic heterocycles. The van der Waals surface area contributed by atoms with E-state index in [4.69, 9.17) is 11.6 Å². The first kappa shape index (κ1) is 18.5. The number of hydrogen-bond acceptors (Lipinski definition) is 3. The van der Waals surface area contributed by atoms with Crippen LogP contribution in [0.5, 0.6) is 0 Å². The summed E-state index contributed by atoms with van der Waals surface area (Å²) in [5.74, 6) is -2.51. The maximum absolute atomic E-state index is 12.1. The number of halogens is 2. The van der Waals surface area contributed by atoms with E-state index in [2.05, 4.69) is 21.2 Å². The number of rotatable bonds is 6. The Bertz CT molecular complexity index is 746. The molecule has 126 valence electrons. The van der Waals surface area contributed by atoms with Crippen LogP contribution in [-0.2, 0) is 16.0 Å². The van der Waals surface area contributed by atoms with Gasteiger partial charge in [-0.3, -0.25) is 4.79 Å². The van der Waals surface area contributed by atoms with Gasteiger partial charge in [-0.05, 0) is 48.7 Å². The number of aliphatic carboxylic acids is 1. The Morgan fingerprint density at radius 1 is 1.21 bits per heavy atom. The van der Waals surface area contributed by atoms with E-state index < -0.39 is 11.9 Å². The molecule has 2 aromatic carbocycles. The van der Waals surface area contributed by atoms with E-state index in [0.29, 0.717) is 10.7 Å². The molecule has 0 bridgehead atoms. The Balaban J connectivity index is 2.01. The summed E-state index contributed by atoms with van der Waals surface area (Å²) >= 11 is 9.21. The van der Waals surface area contributed by atoms with Crippen molar-refractivity contribution in [3.8, 4) is 0 Å². The largest absolute Gasteiger partial charge is 0.550 e. The zero-order valence-electron chi connectivity index (χ0n) is 13.0. The molecule has 0 spiro atoms. The van der Waals surface area contributed by atoms with Gasteiger partial charge in [-0.2, -0.15) is 0 Å². The van der Waals surface area contributed by atoms with Gasteiger partial charge >= 0.3 is 0 Å². The lowest BCUT2D eigenvalue weighted by molar-refractivity contribution is -0.311. The minimum atomic E-state index is -1.25. The van der Waals surface area contributed by atoms with Crippen LogP contribution in [0.15, 0.2) is 46.9 Å². The number of hydrogen-bond donors (Lipinski definition) is 1. The number of carbonyl (C=O) groups is 2. The maximum atomic E-state index is 12.1. The van der Waals surface area contributed by atoms with Crippen molar-refractivity contribution in [2.75, 3.05) is 5.32 Å². The van der Waals surface area contributed by atoms with Gasteiger partial charge in [-0.1, -0.05) is 45.7 Å². The van der Waals surface area contributed by atoms with Gasteiger partial charge < -0.3 is 15.2 Å². The molecule has 0 aliphatic carbocycles. The topological polar surface area (TPSA) is 69.2 Å². The highest BCUT2D eigenvalue weighted by atomic mass is 79.9. The van der Waals surface area contributed by atoms with Crippen LogP contribution in [0.2, 0.25) is 5.02 Å².